The second-order valence-corrected chi connectivity index (χ2v) is 4.76. The number of carbonyl (C=O) groups is 3. The topological polar surface area (TPSA) is 71.4 Å². The van der Waals surface area contributed by atoms with Gasteiger partial charge in [-0.3, -0.25) is 9.59 Å². The first-order valence-electron chi connectivity index (χ1n) is 5.76. The van der Waals surface area contributed by atoms with E-state index in [4.69, 9.17) is 11.6 Å². The molecule has 0 amide bonds. The number of carboxylic acids is 1. The molecule has 1 aliphatic rings. The predicted molar refractivity (Wildman–Crippen MR) is 71.7 cm³/mol. The molecule has 0 spiro atoms. The van der Waals surface area contributed by atoms with Crippen LogP contribution in [0, 0.1) is 0 Å². The van der Waals surface area contributed by atoms with Gasteiger partial charge in [0.05, 0.1) is 16.1 Å². The van der Waals surface area contributed by atoms with Crippen molar-refractivity contribution in [1.29, 1.82) is 0 Å². The highest BCUT2D eigenvalue weighted by molar-refractivity contribution is 6.40. The second kappa shape index (κ2) is 4.28. The van der Waals surface area contributed by atoms with Crippen molar-refractivity contribution in [2.24, 2.45) is 0 Å². The molecule has 0 aromatic heterocycles. The molecule has 0 bridgehead atoms. The van der Waals surface area contributed by atoms with Crippen LogP contribution in [0.5, 0.6) is 0 Å². The van der Waals surface area contributed by atoms with Crippen LogP contribution >= 0.6 is 11.6 Å². The number of hydrogen-bond acceptors (Lipinski definition) is 3. The van der Waals surface area contributed by atoms with Crippen molar-refractivity contribution >= 4 is 29.1 Å². The van der Waals surface area contributed by atoms with Crippen molar-refractivity contribution in [3.05, 3.63) is 69.2 Å². The number of hydrogen-bond donors (Lipinski definition) is 1. The van der Waals surface area contributed by atoms with Crippen molar-refractivity contribution in [2.45, 2.75) is 0 Å². The average Bonchev–Trinajstić information content (AvgIpc) is 2.44. The van der Waals surface area contributed by atoms with E-state index in [1.54, 1.807) is 12.1 Å². The van der Waals surface area contributed by atoms with Gasteiger partial charge in [0.15, 0.2) is 11.6 Å². The molecule has 2 aromatic rings. The van der Waals surface area contributed by atoms with E-state index in [9.17, 15) is 19.5 Å². The van der Waals surface area contributed by atoms with Crippen LogP contribution in [0.2, 0.25) is 5.02 Å². The van der Waals surface area contributed by atoms with Gasteiger partial charge in [-0.25, -0.2) is 4.79 Å². The molecule has 1 N–H and O–H groups in total. The Morgan fingerprint density at radius 2 is 1.45 bits per heavy atom. The van der Waals surface area contributed by atoms with Crippen LogP contribution in [0.15, 0.2) is 36.4 Å². The number of ketones is 2. The van der Waals surface area contributed by atoms with E-state index < -0.39 is 17.5 Å². The standard InChI is InChI=1S/C15H7ClO4/c16-10-6-5-9(15(19)20)11-12(10)14(18)8-4-2-1-3-7(8)13(11)17/h1-6H,(H,19,20). The number of carboxylic acid groups (broad SMARTS) is 1. The number of rotatable bonds is 1. The normalized spacial score (nSPS) is 12.8. The van der Waals surface area contributed by atoms with Crippen LogP contribution in [0.1, 0.15) is 42.2 Å². The third-order valence-corrected chi connectivity index (χ3v) is 3.57. The zero-order chi connectivity index (χ0) is 14.4. The summed E-state index contributed by atoms with van der Waals surface area (Å²) in [4.78, 5) is 36.1. The summed E-state index contributed by atoms with van der Waals surface area (Å²) in [7, 11) is 0. The Morgan fingerprint density at radius 1 is 0.900 bits per heavy atom. The Hall–Kier alpha value is -2.46. The smallest absolute Gasteiger partial charge is 0.336 e. The lowest BCUT2D eigenvalue weighted by molar-refractivity contribution is 0.0692. The molecule has 2 aromatic carbocycles. The van der Waals surface area contributed by atoms with Gasteiger partial charge in [0.2, 0.25) is 0 Å². The zero-order valence-electron chi connectivity index (χ0n) is 10.0. The van der Waals surface area contributed by atoms with Crippen molar-refractivity contribution in [1.82, 2.24) is 0 Å². The Bertz CT molecular complexity index is 792. The van der Waals surface area contributed by atoms with Gasteiger partial charge < -0.3 is 5.11 Å². The summed E-state index contributed by atoms with van der Waals surface area (Å²) in [6.07, 6.45) is 0. The van der Waals surface area contributed by atoms with E-state index in [0.29, 0.717) is 0 Å². The van der Waals surface area contributed by atoms with Gasteiger partial charge in [0, 0.05) is 16.7 Å². The maximum absolute atomic E-state index is 12.5. The summed E-state index contributed by atoms with van der Waals surface area (Å²) in [5.41, 5.74) is 0.0745. The molecule has 0 atom stereocenters. The summed E-state index contributed by atoms with van der Waals surface area (Å²) < 4.78 is 0. The molecule has 0 fully saturated rings. The third-order valence-electron chi connectivity index (χ3n) is 3.26. The van der Waals surface area contributed by atoms with Crippen molar-refractivity contribution in [3.8, 4) is 0 Å². The Labute approximate surface area is 118 Å². The molecule has 0 heterocycles. The molecule has 0 unspecified atom stereocenters. The van der Waals surface area contributed by atoms with E-state index in [2.05, 4.69) is 0 Å². The molecule has 3 rings (SSSR count). The first-order chi connectivity index (χ1) is 9.52. The lowest BCUT2D eigenvalue weighted by atomic mass is 9.82. The number of halogens is 1. The van der Waals surface area contributed by atoms with Gasteiger partial charge in [0.25, 0.3) is 0 Å². The molecule has 98 valence electrons. The zero-order valence-corrected chi connectivity index (χ0v) is 10.8. The number of carbonyl (C=O) groups excluding carboxylic acids is 2. The van der Waals surface area contributed by atoms with E-state index in [1.165, 1.54) is 24.3 Å². The minimum absolute atomic E-state index is 0.0322. The van der Waals surface area contributed by atoms with Crippen molar-refractivity contribution in [2.75, 3.05) is 0 Å². The summed E-state index contributed by atoms with van der Waals surface area (Å²) >= 11 is 5.98. The summed E-state index contributed by atoms with van der Waals surface area (Å²) in [6.45, 7) is 0. The van der Waals surface area contributed by atoms with Gasteiger partial charge in [-0.15, -0.1) is 0 Å². The fourth-order valence-electron chi connectivity index (χ4n) is 2.36. The lowest BCUT2D eigenvalue weighted by Gasteiger charge is -2.19. The molecule has 0 radical (unpaired) electrons. The summed E-state index contributed by atoms with van der Waals surface area (Å²) in [6, 6.07) is 8.86. The van der Waals surface area contributed by atoms with Gasteiger partial charge in [-0.2, -0.15) is 0 Å². The van der Waals surface area contributed by atoms with E-state index in [1.807, 2.05) is 0 Å². The van der Waals surface area contributed by atoms with Crippen molar-refractivity contribution in [3.63, 3.8) is 0 Å². The maximum atomic E-state index is 12.5. The highest BCUT2D eigenvalue weighted by atomic mass is 35.5. The maximum Gasteiger partial charge on any atom is 0.336 e. The molecule has 5 heteroatoms. The monoisotopic (exact) mass is 286 g/mol. The number of fused-ring (bicyclic) bond motifs is 2. The van der Waals surface area contributed by atoms with Crippen LogP contribution < -0.4 is 0 Å². The van der Waals surface area contributed by atoms with Gasteiger partial charge >= 0.3 is 5.97 Å². The second-order valence-electron chi connectivity index (χ2n) is 4.35. The van der Waals surface area contributed by atoms with Crippen LogP contribution in [-0.2, 0) is 0 Å². The molecule has 0 saturated heterocycles. The Kier molecular flexibility index (Phi) is 2.69. The van der Waals surface area contributed by atoms with Crippen molar-refractivity contribution < 1.29 is 19.5 Å². The van der Waals surface area contributed by atoms with E-state index in [0.717, 1.165) is 0 Å². The first kappa shape index (κ1) is 12.6. The summed E-state index contributed by atoms with van der Waals surface area (Å²) in [5.74, 6) is -2.18. The fraction of sp³-hybridized carbons (Fsp3) is 0. The van der Waals surface area contributed by atoms with Crippen LogP contribution in [-0.4, -0.2) is 22.6 Å². The lowest BCUT2D eigenvalue weighted by Crippen LogP contribution is -2.24. The van der Waals surface area contributed by atoms with Crippen LogP contribution in [0.4, 0.5) is 0 Å². The molecule has 4 nitrogen and oxygen atoms in total. The molecular formula is C15H7ClO4. The highest BCUT2D eigenvalue weighted by Crippen LogP contribution is 2.33. The van der Waals surface area contributed by atoms with Gasteiger partial charge in [-0.1, -0.05) is 35.9 Å². The van der Waals surface area contributed by atoms with E-state index >= 15 is 0 Å². The minimum atomic E-state index is -1.27. The van der Waals surface area contributed by atoms with Gasteiger partial charge in [-0.05, 0) is 12.1 Å². The SMILES string of the molecule is O=C(O)c1ccc(Cl)c2c1C(=O)c1ccccc1C2=O. The van der Waals surface area contributed by atoms with Gasteiger partial charge in [0.1, 0.15) is 0 Å². The quantitative estimate of drug-likeness (QED) is 0.746. The summed E-state index contributed by atoms with van der Waals surface area (Å²) in [5, 5.41) is 9.26. The average molecular weight is 287 g/mol. The third kappa shape index (κ3) is 1.58. The predicted octanol–water partition coefficient (Wildman–Crippen LogP) is 2.81. The largest absolute Gasteiger partial charge is 0.478 e. The molecular weight excluding hydrogens is 280 g/mol. The molecule has 0 aliphatic heterocycles. The van der Waals surface area contributed by atoms with Crippen LogP contribution in [0.25, 0.3) is 0 Å². The fourth-order valence-corrected chi connectivity index (χ4v) is 2.61. The molecule has 0 saturated carbocycles. The first-order valence-corrected chi connectivity index (χ1v) is 6.14. The minimum Gasteiger partial charge on any atom is -0.478 e. The molecule has 20 heavy (non-hydrogen) atoms. The number of aromatic carboxylic acids is 1. The molecule has 1 aliphatic carbocycles. The Balaban J connectivity index is 2.41. The highest BCUT2D eigenvalue weighted by Gasteiger charge is 2.34. The Morgan fingerprint density at radius 3 is 2.00 bits per heavy atom. The van der Waals surface area contributed by atoms with E-state index in [-0.39, 0.29) is 32.8 Å². The van der Waals surface area contributed by atoms with Crippen LogP contribution in [0.3, 0.4) is 0 Å². The number of benzene rings is 2.